The Morgan fingerprint density at radius 3 is 2.54 bits per heavy atom. The summed E-state index contributed by atoms with van der Waals surface area (Å²) in [6.45, 7) is 5.30. The van der Waals surface area contributed by atoms with Crippen LogP contribution >= 0.6 is 0 Å². The lowest BCUT2D eigenvalue weighted by atomic mass is 9.71. The van der Waals surface area contributed by atoms with Crippen LogP contribution in [0.25, 0.3) is 0 Å². The highest BCUT2D eigenvalue weighted by atomic mass is 19.1. The first-order valence-electron chi connectivity index (χ1n) is 9.51. The second-order valence-corrected chi connectivity index (χ2v) is 8.12. The number of aliphatic hydroxyl groups is 1. The van der Waals surface area contributed by atoms with Crippen LogP contribution < -0.4 is 0 Å². The summed E-state index contributed by atoms with van der Waals surface area (Å²) < 4.78 is 13.9. The molecule has 1 aromatic rings. The number of halogens is 1. The van der Waals surface area contributed by atoms with Crippen molar-refractivity contribution in [3.05, 3.63) is 35.6 Å². The molecule has 2 heterocycles. The van der Waals surface area contributed by atoms with Crippen LogP contribution in [-0.4, -0.2) is 53.7 Å². The molecule has 1 atom stereocenters. The molecular formula is C20H29FN2O. The second kappa shape index (κ2) is 6.74. The molecular weight excluding hydrogens is 303 g/mol. The van der Waals surface area contributed by atoms with Gasteiger partial charge in [-0.05, 0) is 50.3 Å². The molecule has 3 aliphatic rings. The quantitative estimate of drug-likeness (QED) is 0.918. The Hall–Kier alpha value is -0.970. The normalized spacial score (nSPS) is 28.3. The van der Waals surface area contributed by atoms with Crippen LogP contribution in [0.15, 0.2) is 24.3 Å². The van der Waals surface area contributed by atoms with E-state index < -0.39 is 0 Å². The molecule has 1 aliphatic carbocycles. The fourth-order valence-electron chi connectivity index (χ4n) is 4.95. The van der Waals surface area contributed by atoms with Gasteiger partial charge in [0.25, 0.3) is 0 Å². The third-order valence-corrected chi connectivity index (χ3v) is 6.85. The lowest BCUT2D eigenvalue weighted by Gasteiger charge is -2.43. The molecule has 3 fully saturated rings. The largest absolute Gasteiger partial charge is 0.396 e. The van der Waals surface area contributed by atoms with Gasteiger partial charge in [0.1, 0.15) is 5.82 Å². The van der Waals surface area contributed by atoms with Crippen molar-refractivity contribution in [2.45, 2.75) is 44.7 Å². The number of nitrogens with zero attached hydrogens (tertiary/aromatic N) is 2. The van der Waals surface area contributed by atoms with Gasteiger partial charge in [-0.3, -0.25) is 9.80 Å². The molecule has 4 rings (SSSR count). The SMILES string of the molecule is OCC1CN(C2CCC2)CC12CCN(Cc1ccccc1F)CC2. The van der Waals surface area contributed by atoms with E-state index >= 15 is 0 Å². The first-order valence-corrected chi connectivity index (χ1v) is 9.51. The number of hydrogen-bond acceptors (Lipinski definition) is 3. The second-order valence-electron chi connectivity index (χ2n) is 8.12. The van der Waals surface area contributed by atoms with Crippen molar-refractivity contribution in [3.63, 3.8) is 0 Å². The summed E-state index contributed by atoms with van der Waals surface area (Å²) in [6.07, 6.45) is 6.32. The van der Waals surface area contributed by atoms with Crippen LogP contribution in [0.1, 0.15) is 37.7 Å². The van der Waals surface area contributed by atoms with Gasteiger partial charge in [0.15, 0.2) is 0 Å². The zero-order valence-corrected chi connectivity index (χ0v) is 14.5. The van der Waals surface area contributed by atoms with Gasteiger partial charge in [-0.2, -0.15) is 0 Å². The number of aliphatic hydroxyl groups excluding tert-OH is 1. The Morgan fingerprint density at radius 2 is 1.92 bits per heavy atom. The van der Waals surface area contributed by atoms with Crippen molar-refractivity contribution >= 4 is 0 Å². The monoisotopic (exact) mass is 332 g/mol. The van der Waals surface area contributed by atoms with Crippen LogP contribution in [0.4, 0.5) is 4.39 Å². The third kappa shape index (κ3) is 3.00. The van der Waals surface area contributed by atoms with Gasteiger partial charge >= 0.3 is 0 Å². The van der Waals surface area contributed by atoms with E-state index in [9.17, 15) is 9.50 Å². The van der Waals surface area contributed by atoms with Crippen LogP contribution in [0.2, 0.25) is 0 Å². The van der Waals surface area contributed by atoms with E-state index in [2.05, 4.69) is 9.80 Å². The summed E-state index contributed by atoms with van der Waals surface area (Å²) >= 11 is 0. The number of benzene rings is 1. The molecule has 4 heteroatoms. The molecule has 1 N–H and O–H groups in total. The number of likely N-dealkylation sites (tertiary alicyclic amines) is 2. The van der Waals surface area contributed by atoms with E-state index in [0.717, 1.165) is 50.6 Å². The number of piperidine rings is 1. The Kier molecular flexibility index (Phi) is 4.63. The van der Waals surface area contributed by atoms with Crippen molar-refractivity contribution in [1.82, 2.24) is 9.80 Å². The van der Waals surface area contributed by atoms with E-state index in [1.54, 1.807) is 12.1 Å². The molecule has 0 aromatic heterocycles. The van der Waals surface area contributed by atoms with Crippen molar-refractivity contribution in [3.8, 4) is 0 Å². The minimum absolute atomic E-state index is 0.0944. The highest BCUT2D eigenvalue weighted by molar-refractivity contribution is 5.17. The molecule has 1 unspecified atom stereocenters. The summed E-state index contributed by atoms with van der Waals surface area (Å²) in [5.41, 5.74) is 1.09. The van der Waals surface area contributed by atoms with Crippen LogP contribution in [0.5, 0.6) is 0 Å². The van der Waals surface area contributed by atoms with Crippen LogP contribution in [0.3, 0.4) is 0 Å². The molecule has 1 aromatic carbocycles. The van der Waals surface area contributed by atoms with E-state index in [-0.39, 0.29) is 11.2 Å². The van der Waals surface area contributed by atoms with Gasteiger partial charge in [-0.15, -0.1) is 0 Å². The Labute approximate surface area is 144 Å². The predicted molar refractivity (Wildman–Crippen MR) is 93.1 cm³/mol. The first-order chi connectivity index (χ1) is 11.7. The molecule has 1 spiro atoms. The molecule has 0 amide bonds. The minimum atomic E-state index is -0.0944. The lowest BCUT2D eigenvalue weighted by molar-refractivity contribution is 0.0450. The maximum Gasteiger partial charge on any atom is 0.127 e. The van der Waals surface area contributed by atoms with Gasteiger partial charge in [-0.1, -0.05) is 24.6 Å². The molecule has 1 saturated carbocycles. The van der Waals surface area contributed by atoms with Gasteiger partial charge in [-0.25, -0.2) is 4.39 Å². The summed E-state index contributed by atoms with van der Waals surface area (Å²) in [7, 11) is 0. The Balaban J connectivity index is 1.38. The first kappa shape index (κ1) is 16.5. The van der Waals surface area contributed by atoms with E-state index in [4.69, 9.17) is 0 Å². The molecule has 3 nitrogen and oxygen atoms in total. The average molecular weight is 332 g/mol. The standard InChI is InChI=1S/C20H29FN2O/c21-19-7-2-1-4-16(19)12-22-10-8-20(9-11-22)15-23(13-17(20)14-24)18-5-3-6-18/h1-2,4,7,17-18,24H,3,5-6,8-15H2. The Morgan fingerprint density at radius 1 is 1.17 bits per heavy atom. The predicted octanol–water partition coefficient (Wildman–Crippen LogP) is 2.88. The topological polar surface area (TPSA) is 26.7 Å². The zero-order chi connectivity index (χ0) is 16.6. The van der Waals surface area contributed by atoms with Crippen molar-refractivity contribution in [2.75, 3.05) is 32.8 Å². The highest BCUT2D eigenvalue weighted by Crippen LogP contribution is 2.46. The number of hydrogen-bond donors (Lipinski definition) is 1. The molecule has 24 heavy (non-hydrogen) atoms. The molecule has 0 radical (unpaired) electrons. The van der Waals surface area contributed by atoms with Crippen LogP contribution in [0, 0.1) is 17.2 Å². The van der Waals surface area contributed by atoms with E-state index in [0.29, 0.717) is 19.1 Å². The van der Waals surface area contributed by atoms with Gasteiger partial charge < -0.3 is 5.11 Å². The van der Waals surface area contributed by atoms with E-state index in [1.807, 2.05) is 12.1 Å². The van der Waals surface area contributed by atoms with Crippen molar-refractivity contribution < 1.29 is 9.50 Å². The van der Waals surface area contributed by atoms with Crippen LogP contribution in [-0.2, 0) is 6.54 Å². The smallest absolute Gasteiger partial charge is 0.127 e. The lowest BCUT2D eigenvalue weighted by Crippen LogP contribution is -2.45. The molecule has 132 valence electrons. The van der Waals surface area contributed by atoms with Crippen molar-refractivity contribution in [1.29, 1.82) is 0 Å². The maximum absolute atomic E-state index is 13.9. The van der Waals surface area contributed by atoms with E-state index in [1.165, 1.54) is 19.3 Å². The highest BCUT2D eigenvalue weighted by Gasteiger charge is 2.49. The Bertz CT molecular complexity index is 567. The third-order valence-electron chi connectivity index (χ3n) is 6.85. The summed E-state index contributed by atoms with van der Waals surface area (Å²) in [6, 6.07) is 7.89. The van der Waals surface area contributed by atoms with Gasteiger partial charge in [0.2, 0.25) is 0 Å². The fraction of sp³-hybridized carbons (Fsp3) is 0.700. The molecule has 2 aliphatic heterocycles. The minimum Gasteiger partial charge on any atom is -0.396 e. The van der Waals surface area contributed by atoms with Gasteiger partial charge in [0.05, 0.1) is 0 Å². The molecule has 2 saturated heterocycles. The summed E-state index contributed by atoms with van der Waals surface area (Å²) in [5, 5.41) is 9.92. The average Bonchev–Trinajstić information content (AvgIpc) is 2.88. The number of rotatable bonds is 4. The molecule has 0 bridgehead atoms. The fourth-order valence-corrected chi connectivity index (χ4v) is 4.95. The van der Waals surface area contributed by atoms with Gasteiger partial charge in [0, 0.05) is 43.8 Å². The summed E-state index contributed by atoms with van der Waals surface area (Å²) in [4.78, 5) is 5.03. The summed E-state index contributed by atoms with van der Waals surface area (Å²) in [5.74, 6) is 0.330. The maximum atomic E-state index is 13.9. The van der Waals surface area contributed by atoms with Crippen molar-refractivity contribution in [2.24, 2.45) is 11.3 Å². The zero-order valence-electron chi connectivity index (χ0n) is 14.5.